The monoisotopic (exact) mass is 231 g/mol. The summed E-state index contributed by atoms with van der Waals surface area (Å²) in [6.07, 6.45) is 0. The average Bonchev–Trinajstić information content (AvgIpc) is 2.26. The lowest BCUT2D eigenvalue weighted by Gasteiger charge is -2.11. The summed E-state index contributed by atoms with van der Waals surface area (Å²) in [6, 6.07) is 5.00. The molecule has 0 radical (unpaired) electrons. The molecule has 0 aliphatic heterocycles. The summed E-state index contributed by atoms with van der Waals surface area (Å²) in [5, 5.41) is 3.11. The van der Waals surface area contributed by atoms with Crippen LogP contribution in [0.2, 0.25) is 0 Å². The van der Waals surface area contributed by atoms with Crippen LogP contribution in [0.25, 0.3) is 0 Å². The van der Waals surface area contributed by atoms with E-state index < -0.39 is 0 Å². The van der Waals surface area contributed by atoms with Gasteiger partial charge in [0.05, 0.1) is 7.11 Å². The maximum Gasteiger partial charge on any atom is 0.131 e. The Bertz CT molecular complexity index is 319. The third-order valence-electron chi connectivity index (χ3n) is 2.13. The molecule has 0 spiro atoms. The molecule has 0 saturated heterocycles. The highest BCUT2D eigenvalue weighted by atomic mass is 35.5. The van der Waals surface area contributed by atoms with Crippen LogP contribution < -0.4 is 10.1 Å². The first kappa shape index (κ1) is 12.3. The lowest BCUT2D eigenvalue weighted by atomic mass is 10.2. The zero-order valence-electron chi connectivity index (χ0n) is 8.89. The lowest BCUT2D eigenvalue weighted by Crippen LogP contribution is -2.27. The van der Waals surface area contributed by atoms with Crippen LogP contribution in [-0.2, 0) is 6.54 Å². The van der Waals surface area contributed by atoms with Gasteiger partial charge in [-0.15, -0.1) is 11.6 Å². The Balaban J connectivity index is 2.62. The number of hydrogen-bond donors (Lipinski definition) is 1. The molecular formula is C11H15ClFNO. The maximum absolute atomic E-state index is 13.4. The van der Waals surface area contributed by atoms with Crippen LogP contribution >= 0.6 is 11.6 Å². The molecule has 0 saturated carbocycles. The van der Waals surface area contributed by atoms with Gasteiger partial charge >= 0.3 is 0 Å². The fourth-order valence-corrected chi connectivity index (χ4v) is 1.25. The zero-order valence-corrected chi connectivity index (χ0v) is 9.64. The second-order valence-corrected chi connectivity index (χ2v) is 3.70. The van der Waals surface area contributed by atoms with Crippen molar-refractivity contribution in [1.29, 1.82) is 0 Å². The van der Waals surface area contributed by atoms with E-state index in [0.29, 0.717) is 23.7 Å². The number of nitrogens with one attached hydrogen (secondary N) is 1. The highest BCUT2D eigenvalue weighted by Gasteiger charge is 2.05. The van der Waals surface area contributed by atoms with Crippen LogP contribution in [0.4, 0.5) is 4.39 Å². The second-order valence-electron chi connectivity index (χ2n) is 3.39. The molecule has 0 aliphatic rings. The summed E-state index contributed by atoms with van der Waals surface area (Å²) in [5.41, 5.74) is 0.618. The van der Waals surface area contributed by atoms with E-state index in [4.69, 9.17) is 16.3 Å². The predicted molar refractivity (Wildman–Crippen MR) is 60.0 cm³/mol. The summed E-state index contributed by atoms with van der Waals surface area (Å²) < 4.78 is 18.4. The standard InChI is InChI=1S/C11H15ClFNO/c1-8(6-12)14-7-9-3-4-10(15-2)5-11(9)13/h3-5,8,14H,6-7H2,1-2H3. The molecule has 2 nitrogen and oxygen atoms in total. The third kappa shape index (κ3) is 3.68. The number of hydrogen-bond acceptors (Lipinski definition) is 2. The third-order valence-corrected chi connectivity index (χ3v) is 2.60. The number of ether oxygens (including phenoxy) is 1. The molecule has 1 rings (SSSR count). The van der Waals surface area contributed by atoms with Crippen molar-refractivity contribution in [2.45, 2.75) is 19.5 Å². The minimum atomic E-state index is -0.261. The van der Waals surface area contributed by atoms with Gasteiger partial charge in [0, 0.05) is 30.1 Å². The molecule has 1 N–H and O–H groups in total. The van der Waals surface area contributed by atoms with E-state index in [-0.39, 0.29) is 11.9 Å². The zero-order chi connectivity index (χ0) is 11.3. The van der Waals surface area contributed by atoms with Gasteiger partial charge in [0.15, 0.2) is 0 Å². The van der Waals surface area contributed by atoms with Gasteiger partial charge in [0.1, 0.15) is 11.6 Å². The molecule has 1 aromatic carbocycles. The van der Waals surface area contributed by atoms with Crippen molar-refractivity contribution < 1.29 is 9.13 Å². The molecule has 0 bridgehead atoms. The normalized spacial score (nSPS) is 12.5. The number of alkyl halides is 1. The quantitative estimate of drug-likeness (QED) is 0.787. The smallest absolute Gasteiger partial charge is 0.131 e. The Morgan fingerprint density at radius 3 is 2.80 bits per heavy atom. The highest BCUT2D eigenvalue weighted by molar-refractivity contribution is 6.18. The molecule has 0 amide bonds. The van der Waals surface area contributed by atoms with E-state index in [1.807, 2.05) is 6.92 Å². The fourth-order valence-electron chi connectivity index (χ4n) is 1.14. The van der Waals surface area contributed by atoms with Crippen molar-refractivity contribution in [1.82, 2.24) is 5.32 Å². The van der Waals surface area contributed by atoms with Crippen molar-refractivity contribution in [3.05, 3.63) is 29.6 Å². The topological polar surface area (TPSA) is 21.3 Å². The van der Waals surface area contributed by atoms with Gasteiger partial charge in [-0.05, 0) is 13.0 Å². The first-order chi connectivity index (χ1) is 7.17. The summed E-state index contributed by atoms with van der Waals surface area (Å²) in [6.45, 7) is 2.43. The van der Waals surface area contributed by atoms with Crippen molar-refractivity contribution in [2.24, 2.45) is 0 Å². The van der Waals surface area contributed by atoms with Gasteiger partial charge in [0.2, 0.25) is 0 Å². The largest absolute Gasteiger partial charge is 0.497 e. The van der Waals surface area contributed by atoms with Gasteiger partial charge in [-0.3, -0.25) is 0 Å². The van der Waals surface area contributed by atoms with Crippen molar-refractivity contribution in [2.75, 3.05) is 13.0 Å². The molecule has 1 atom stereocenters. The molecular weight excluding hydrogens is 217 g/mol. The molecule has 1 aromatic rings. The van der Waals surface area contributed by atoms with Crippen LogP contribution in [0.5, 0.6) is 5.75 Å². The van der Waals surface area contributed by atoms with Crippen LogP contribution in [-0.4, -0.2) is 19.0 Å². The Kier molecular flexibility index (Phi) is 4.85. The number of benzene rings is 1. The van der Waals surface area contributed by atoms with Gasteiger partial charge in [-0.1, -0.05) is 6.07 Å². The molecule has 4 heteroatoms. The van der Waals surface area contributed by atoms with Gasteiger partial charge in [-0.25, -0.2) is 4.39 Å². The number of rotatable bonds is 5. The first-order valence-electron chi connectivity index (χ1n) is 4.79. The molecule has 15 heavy (non-hydrogen) atoms. The Morgan fingerprint density at radius 1 is 1.53 bits per heavy atom. The first-order valence-corrected chi connectivity index (χ1v) is 5.32. The van der Waals surface area contributed by atoms with Gasteiger partial charge in [0.25, 0.3) is 0 Å². The molecule has 0 heterocycles. The van der Waals surface area contributed by atoms with E-state index in [1.54, 1.807) is 12.1 Å². The summed E-state index contributed by atoms with van der Waals surface area (Å²) >= 11 is 5.63. The van der Waals surface area contributed by atoms with Crippen LogP contribution in [0.1, 0.15) is 12.5 Å². The van der Waals surface area contributed by atoms with E-state index in [0.717, 1.165) is 0 Å². The average molecular weight is 232 g/mol. The van der Waals surface area contributed by atoms with E-state index >= 15 is 0 Å². The Labute approximate surface area is 94.4 Å². The lowest BCUT2D eigenvalue weighted by molar-refractivity contribution is 0.410. The predicted octanol–water partition coefficient (Wildman–Crippen LogP) is 2.55. The van der Waals surface area contributed by atoms with Crippen molar-refractivity contribution >= 4 is 11.6 Å². The number of halogens is 2. The minimum Gasteiger partial charge on any atom is -0.497 e. The van der Waals surface area contributed by atoms with E-state index in [9.17, 15) is 4.39 Å². The molecule has 84 valence electrons. The fraction of sp³-hybridized carbons (Fsp3) is 0.455. The Morgan fingerprint density at radius 2 is 2.27 bits per heavy atom. The van der Waals surface area contributed by atoms with Gasteiger partial charge in [-0.2, -0.15) is 0 Å². The molecule has 0 aromatic heterocycles. The second kappa shape index (κ2) is 5.93. The van der Waals surface area contributed by atoms with Crippen molar-refractivity contribution in [3.8, 4) is 5.75 Å². The SMILES string of the molecule is COc1ccc(CNC(C)CCl)c(F)c1. The molecule has 1 unspecified atom stereocenters. The van der Waals surface area contributed by atoms with E-state index in [1.165, 1.54) is 13.2 Å². The van der Waals surface area contributed by atoms with Crippen LogP contribution in [0.15, 0.2) is 18.2 Å². The minimum absolute atomic E-state index is 0.174. The summed E-state index contributed by atoms with van der Waals surface area (Å²) in [5.74, 6) is 0.780. The van der Waals surface area contributed by atoms with E-state index in [2.05, 4.69) is 5.32 Å². The summed E-state index contributed by atoms with van der Waals surface area (Å²) in [7, 11) is 1.52. The number of methoxy groups -OCH3 is 1. The van der Waals surface area contributed by atoms with Gasteiger partial charge < -0.3 is 10.1 Å². The maximum atomic E-state index is 13.4. The molecule has 0 fully saturated rings. The van der Waals surface area contributed by atoms with Crippen LogP contribution in [0.3, 0.4) is 0 Å². The van der Waals surface area contributed by atoms with Crippen molar-refractivity contribution in [3.63, 3.8) is 0 Å². The summed E-state index contributed by atoms with van der Waals surface area (Å²) in [4.78, 5) is 0. The van der Waals surface area contributed by atoms with Crippen LogP contribution in [0, 0.1) is 5.82 Å². The highest BCUT2D eigenvalue weighted by Crippen LogP contribution is 2.16. The molecule has 0 aliphatic carbocycles. The Hall–Kier alpha value is -0.800.